The lowest BCUT2D eigenvalue weighted by Crippen LogP contribution is -1.88. The SMILES string of the molecule is CCc1cccc(Oc2ccc(C#N)nc2)c1. The van der Waals surface area contributed by atoms with Gasteiger partial charge in [0.1, 0.15) is 23.3 Å². The predicted molar refractivity (Wildman–Crippen MR) is 64.8 cm³/mol. The topological polar surface area (TPSA) is 45.9 Å². The molecule has 0 radical (unpaired) electrons. The van der Waals surface area contributed by atoms with E-state index < -0.39 is 0 Å². The maximum absolute atomic E-state index is 8.63. The molecule has 0 amide bonds. The van der Waals surface area contributed by atoms with Gasteiger partial charge in [0.15, 0.2) is 0 Å². The van der Waals surface area contributed by atoms with Gasteiger partial charge in [0.25, 0.3) is 0 Å². The van der Waals surface area contributed by atoms with Crippen LogP contribution in [0.2, 0.25) is 0 Å². The summed E-state index contributed by atoms with van der Waals surface area (Å²) in [5, 5.41) is 8.63. The highest BCUT2D eigenvalue weighted by Gasteiger charge is 1.99. The number of benzene rings is 1. The second-order valence-corrected chi connectivity index (χ2v) is 3.59. The summed E-state index contributed by atoms with van der Waals surface area (Å²) in [7, 11) is 0. The maximum Gasteiger partial charge on any atom is 0.145 e. The fourth-order valence-corrected chi connectivity index (χ4v) is 1.47. The molecular formula is C14H12N2O. The van der Waals surface area contributed by atoms with E-state index in [1.165, 1.54) is 5.56 Å². The van der Waals surface area contributed by atoms with Crippen molar-refractivity contribution in [2.75, 3.05) is 0 Å². The van der Waals surface area contributed by atoms with Gasteiger partial charge in [-0.1, -0.05) is 19.1 Å². The van der Waals surface area contributed by atoms with Crippen molar-refractivity contribution in [3.63, 3.8) is 0 Å². The van der Waals surface area contributed by atoms with Crippen LogP contribution in [-0.4, -0.2) is 4.98 Å². The van der Waals surface area contributed by atoms with E-state index in [4.69, 9.17) is 10.00 Å². The molecule has 2 aromatic rings. The first kappa shape index (κ1) is 11.2. The molecule has 0 saturated heterocycles. The van der Waals surface area contributed by atoms with Crippen LogP contribution in [0.15, 0.2) is 42.6 Å². The molecule has 0 N–H and O–H groups in total. The number of pyridine rings is 1. The monoisotopic (exact) mass is 224 g/mol. The summed E-state index contributed by atoms with van der Waals surface area (Å²) in [4.78, 5) is 3.95. The molecule has 84 valence electrons. The summed E-state index contributed by atoms with van der Waals surface area (Å²) in [6.07, 6.45) is 2.53. The molecule has 0 aliphatic rings. The molecule has 17 heavy (non-hydrogen) atoms. The van der Waals surface area contributed by atoms with Crippen LogP contribution in [0.25, 0.3) is 0 Å². The molecule has 1 aromatic heterocycles. The zero-order valence-electron chi connectivity index (χ0n) is 9.55. The van der Waals surface area contributed by atoms with Crippen LogP contribution >= 0.6 is 0 Å². The summed E-state index contributed by atoms with van der Waals surface area (Å²) in [5.74, 6) is 1.42. The maximum atomic E-state index is 8.63. The van der Waals surface area contributed by atoms with E-state index in [-0.39, 0.29) is 0 Å². The van der Waals surface area contributed by atoms with Crippen molar-refractivity contribution in [3.05, 3.63) is 53.9 Å². The van der Waals surface area contributed by atoms with Crippen molar-refractivity contribution in [1.82, 2.24) is 4.98 Å². The van der Waals surface area contributed by atoms with Crippen molar-refractivity contribution in [2.45, 2.75) is 13.3 Å². The Kier molecular flexibility index (Phi) is 3.37. The Morgan fingerprint density at radius 2 is 2.12 bits per heavy atom. The second kappa shape index (κ2) is 5.13. The van der Waals surface area contributed by atoms with Crippen LogP contribution in [0.4, 0.5) is 0 Å². The molecule has 0 saturated carbocycles. The first-order valence-corrected chi connectivity index (χ1v) is 5.45. The fraction of sp³-hybridized carbons (Fsp3) is 0.143. The number of hydrogen-bond acceptors (Lipinski definition) is 3. The highest BCUT2D eigenvalue weighted by Crippen LogP contribution is 2.21. The van der Waals surface area contributed by atoms with Gasteiger partial charge in [-0.25, -0.2) is 4.98 Å². The summed E-state index contributed by atoms with van der Waals surface area (Å²) in [6, 6.07) is 13.3. The van der Waals surface area contributed by atoms with Gasteiger partial charge in [-0.2, -0.15) is 5.26 Å². The van der Waals surface area contributed by atoms with Crippen LogP contribution in [0.3, 0.4) is 0 Å². The van der Waals surface area contributed by atoms with E-state index in [1.807, 2.05) is 24.3 Å². The van der Waals surface area contributed by atoms with E-state index in [9.17, 15) is 0 Å². The van der Waals surface area contributed by atoms with Gasteiger partial charge in [0.2, 0.25) is 0 Å². The zero-order valence-corrected chi connectivity index (χ0v) is 9.55. The van der Waals surface area contributed by atoms with Gasteiger partial charge < -0.3 is 4.74 Å². The third-order valence-electron chi connectivity index (χ3n) is 2.39. The lowest BCUT2D eigenvalue weighted by atomic mass is 10.2. The summed E-state index contributed by atoms with van der Waals surface area (Å²) in [5.41, 5.74) is 1.61. The average Bonchev–Trinajstić information content (AvgIpc) is 2.40. The highest BCUT2D eigenvalue weighted by molar-refractivity contribution is 5.34. The van der Waals surface area contributed by atoms with E-state index >= 15 is 0 Å². The van der Waals surface area contributed by atoms with Gasteiger partial charge in [0, 0.05) is 0 Å². The molecule has 0 bridgehead atoms. The largest absolute Gasteiger partial charge is 0.456 e. The standard InChI is InChI=1S/C14H12N2O/c1-2-11-4-3-5-13(8-11)17-14-7-6-12(9-15)16-10-14/h3-8,10H,2H2,1H3. The van der Waals surface area contributed by atoms with E-state index in [1.54, 1.807) is 18.3 Å². The van der Waals surface area contributed by atoms with Gasteiger partial charge in [-0.15, -0.1) is 0 Å². The molecule has 1 aromatic carbocycles. The molecule has 0 atom stereocenters. The lowest BCUT2D eigenvalue weighted by Gasteiger charge is -2.06. The Hall–Kier alpha value is -2.34. The minimum Gasteiger partial charge on any atom is -0.456 e. The van der Waals surface area contributed by atoms with Crippen molar-refractivity contribution >= 4 is 0 Å². The highest BCUT2D eigenvalue weighted by atomic mass is 16.5. The van der Waals surface area contributed by atoms with Crippen LogP contribution in [-0.2, 0) is 6.42 Å². The Morgan fingerprint density at radius 3 is 2.76 bits per heavy atom. The molecule has 0 fully saturated rings. The van der Waals surface area contributed by atoms with Gasteiger partial charge >= 0.3 is 0 Å². The number of nitrogens with zero attached hydrogens (tertiary/aromatic N) is 2. The molecule has 0 unspecified atom stereocenters. The van der Waals surface area contributed by atoms with Crippen LogP contribution < -0.4 is 4.74 Å². The molecule has 0 spiro atoms. The molecule has 3 heteroatoms. The number of nitriles is 1. The molecular weight excluding hydrogens is 212 g/mol. The smallest absolute Gasteiger partial charge is 0.145 e. The van der Waals surface area contributed by atoms with Gasteiger partial charge in [-0.3, -0.25) is 0 Å². The lowest BCUT2D eigenvalue weighted by molar-refractivity contribution is 0.479. The number of hydrogen-bond donors (Lipinski definition) is 0. The zero-order chi connectivity index (χ0) is 12.1. The molecule has 1 heterocycles. The van der Waals surface area contributed by atoms with Crippen molar-refractivity contribution < 1.29 is 4.74 Å². The quantitative estimate of drug-likeness (QED) is 0.803. The second-order valence-electron chi connectivity index (χ2n) is 3.59. The number of rotatable bonds is 3. The first-order chi connectivity index (χ1) is 8.31. The van der Waals surface area contributed by atoms with Crippen molar-refractivity contribution in [2.24, 2.45) is 0 Å². The van der Waals surface area contributed by atoms with Crippen LogP contribution in [0, 0.1) is 11.3 Å². The number of aryl methyl sites for hydroxylation is 1. The number of ether oxygens (including phenoxy) is 1. The van der Waals surface area contributed by atoms with Crippen molar-refractivity contribution in [1.29, 1.82) is 5.26 Å². The summed E-state index contributed by atoms with van der Waals surface area (Å²) in [6.45, 7) is 2.10. The minimum absolute atomic E-state index is 0.389. The summed E-state index contributed by atoms with van der Waals surface area (Å²) >= 11 is 0. The van der Waals surface area contributed by atoms with E-state index in [0.717, 1.165) is 12.2 Å². The van der Waals surface area contributed by atoms with Gasteiger partial charge in [-0.05, 0) is 36.2 Å². The van der Waals surface area contributed by atoms with Crippen LogP contribution in [0.1, 0.15) is 18.2 Å². The fourth-order valence-electron chi connectivity index (χ4n) is 1.47. The van der Waals surface area contributed by atoms with Crippen molar-refractivity contribution in [3.8, 4) is 17.6 Å². The third-order valence-corrected chi connectivity index (χ3v) is 2.39. The molecule has 3 nitrogen and oxygen atoms in total. The average molecular weight is 224 g/mol. The molecule has 0 aliphatic carbocycles. The molecule has 0 aliphatic heterocycles. The van der Waals surface area contributed by atoms with E-state index in [2.05, 4.69) is 18.0 Å². The van der Waals surface area contributed by atoms with E-state index in [0.29, 0.717) is 11.4 Å². The minimum atomic E-state index is 0.389. The Morgan fingerprint density at radius 1 is 1.24 bits per heavy atom. The Bertz CT molecular complexity index is 541. The van der Waals surface area contributed by atoms with Gasteiger partial charge in [0.05, 0.1) is 6.20 Å². The normalized spacial score (nSPS) is 9.65. The molecule has 2 rings (SSSR count). The third kappa shape index (κ3) is 2.82. The summed E-state index contributed by atoms with van der Waals surface area (Å²) < 4.78 is 5.65. The Balaban J connectivity index is 2.16. The van der Waals surface area contributed by atoms with Crippen LogP contribution in [0.5, 0.6) is 11.5 Å². The first-order valence-electron chi connectivity index (χ1n) is 5.45. The Labute approximate surface area is 100 Å². The number of aromatic nitrogens is 1. The predicted octanol–water partition coefficient (Wildman–Crippen LogP) is 3.31.